The minimum absolute atomic E-state index is 0.101. The Morgan fingerprint density at radius 3 is 2.78 bits per heavy atom. The van der Waals surface area contributed by atoms with E-state index in [1.165, 1.54) is 38.9 Å². The van der Waals surface area contributed by atoms with Gasteiger partial charge in [0.25, 0.3) is 0 Å². The Kier molecular flexibility index (Phi) is 4.89. The molecular formula is C14H20FNOS. The standard InChI is InChI=1S/C14H20FNOS/c1-17-14-7-6-10(8-12(14)15)13(16)9-18-11-4-2-3-5-11/h6-8,11,13H,2-5,9,16H2,1H3. The number of hydrogen-bond donors (Lipinski definition) is 1. The molecule has 1 aromatic rings. The van der Waals surface area contributed by atoms with Gasteiger partial charge in [-0.2, -0.15) is 11.8 Å². The molecule has 0 radical (unpaired) electrons. The molecule has 4 heteroatoms. The Morgan fingerprint density at radius 2 is 2.17 bits per heavy atom. The van der Waals surface area contributed by atoms with Gasteiger partial charge in [-0.1, -0.05) is 18.9 Å². The van der Waals surface area contributed by atoms with Gasteiger partial charge in [0.05, 0.1) is 7.11 Å². The molecule has 0 bridgehead atoms. The van der Waals surface area contributed by atoms with Crippen molar-refractivity contribution in [3.05, 3.63) is 29.6 Å². The third kappa shape index (κ3) is 3.39. The third-order valence-electron chi connectivity index (χ3n) is 3.42. The molecule has 1 aliphatic carbocycles. The van der Waals surface area contributed by atoms with Crippen LogP contribution >= 0.6 is 11.8 Å². The lowest BCUT2D eigenvalue weighted by Gasteiger charge is -2.15. The van der Waals surface area contributed by atoms with Crippen LogP contribution in [0.1, 0.15) is 37.3 Å². The molecule has 18 heavy (non-hydrogen) atoms. The van der Waals surface area contributed by atoms with E-state index in [1.54, 1.807) is 6.07 Å². The number of thioether (sulfide) groups is 1. The maximum atomic E-state index is 13.6. The van der Waals surface area contributed by atoms with E-state index in [0.717, 1.165) is 16.6 Å². The number of nitrogens with two attached hydrogens (primary N) is 1. The van der Waals surface area contributed by atoms with E-state index in [2.05, 4.69) is 0 Å². The molecule has 2 nitrogen and oxygen atoms in total. The summed E-state index contributed by atoms with van der Waals surface area (Å²) in [5.41, 5.74) is 6.95. The molecule has 0 aliphatic heterocycles. The first-order chi connectivity index (χ1) is 8.70. The Balaban J connectivity index is 1.91. The maximum absolute atomic E-state index is 13.6. The lowest BCUT2D eigenvalue weighted by atomic mass is 10.1. The minimum atomic E-state index is -0.337. The van der Waals surface area contributed by atoms with Crippen LogP contribution in [0.25, 0.3) is 0 Å². The molecule has 0 aromatic heterocycles. The minimum Gasteiger partial charge on any atom is -0.494 e. The van der Waals surface area contributed by atoms with Crippen LogP contribution in [0.5, 0.6) is 5.75 Å². The first kappa shape index (κ1) is 13.7. The largest absolute Gasteiger partial charge is 0.494 e. The van der Waals surface area contributed by atoms with Gasteiger partial charge in [0.15, 0.2) is 11.6 Å². The van der Waals surface area contributed by atoms with E-state index in [4.69, 9.17) is 10.5 Å². The Bertz CT molecular complexity index is 393. The van der Waals surface area contributed by atoms with Crippen LogP contribution in [0.4, 0.5) is 4.39 Å². The zero-order valence-corrected chi connectivity index (χ0v) is 11.5. The molecule has 1 unspecified atom stereocenters. The lowest BCUT2D eigenvalue weighted by molar-refractivity contribution is 0.386. The van der Waals surface area contributed by atoms with E-state index < -0.39 is 0 Å². The molecule has 100 valence electrons. The van der Waals surface area contributed by atoms with Crippen LogP contribution in [0.3, 0.4) is 0 Å². The molecule has 0 amide bonds. The van der Waals surface area contributed by atoms with E-state index in [9.17, 15) is 4.39 Å². The van der Waals surface area contributed by atoms with Crippen molar-refractivity contribution in [1.82, 2.24) is 0 Å². The third-order valence-corrected chi connectivity index (χ3v) is 4.91. The Hall–Kier alpha value is -0.740. The Labute approximate surface area is 112 Å². The molecule has 1 atom stereocenters. The monoisotopic (exact) mass is 269 g/mol. The van der Waals surface area contributed by atoms with Gasteiger partial charge in [0.1, 0.15) is 0 Å². The molecule has 1 saturated carbocycles. The molecule has 2 N–H and O–H groups in total. The maximum Gasteiger partial charge on any atom is 0.165 e. The number of benzene rings is 1. The molecule has 0 spiro atoms. The summed E-state index contributed by atoms with van der Waals surface area (Å²) in [4.78, 5) is 0. The number of methoxy groups -OCH3 is 1. The summed E-state index contributed by atoms with van der Waals surface area (Å²) in [6, 6.07) is 4.88. The molecule has 1 aromatic carbocycles. The predicted octanol–water partition coefficient (Wildman–Crippen LogP) is 3.51. The van der Waals surface area contributed by atoms with Crippen molar-refractivity contribution in [2.24, 2.45) is 5.73 Å². The fraction of sp³-hybridized carbons (Fsp3) is 0.571. The van der Waals surface area contributed by atoms with Crippen LogP contribution in [0.2, 0.25) is 0 Å². The van der Waals surface area contributed by atoms with Gasteiger partial charge in [-0.3, -0.25) is 0 Å². The van der Waals surface area contributed by atoms with Crippen molar-refractivity contribution in [3.8, 4) is 5.75 Å². The van der Waals surface area contributed by atoms with Gasteiger partial charge >= 0.3 is 0 Å². The molecule has 1 aliphatic rings. The normalized spacial score (nSPS) is 17.9. The topological polar surface area (TPSA) is 35.2 Å². The highest BCUT2D eigenvalue weighted by Crippen LogP contribution is 2.32. The second-order valence-corrected chi connectivity index (χ2v) is 6.07. The first-order valence-corrected chi connectivity index (χ1v) is 7.46. The fourth-order valence-electron chi connectivity index (χ4n) is 2.30. The summed E-state index contributed by atoms with van der Waals surface area (Å²) in [6.07, 6.45) is 5.27. The fourth-order valence-corrected chi connectivity index (χ4v) is 3.64. The van der Waals surface area contributed by atoms with Crippen molar-refractivity contribution in [1.29, 1.82) is 0 Å². The zero-order chi connectivity index (χ0) is 13.0. The van der Waals surface area contributed by atoms with E-state index >= 15 is 0 Å². The summed E-state index contributed by atoms with van der Waals surface area (Å²) < 4.78 is 18.5. The summed E-state index contributed by atoms with van der Waals surface area (Å²) in [6.45, 7) is 0. The second-order valence-electron chi connectivity index (χ2n) is 4.74. The van der Waals surface area contributed by atoms with Gasteiger partial charge in [-0.05, 0) is 30.5 Å². The highest BCUT2D eigenvalue weighted by atomic mass is 32.2. The molecule has 1 fully saturated rings. The number of hydrogen-bond acceptors (Lipinski definition) is 3. The van der Waals surface area contributed by atoms with Crippen molar-refractivity contribution in [3.63, 3.8) is 0 Å². The molecule has 2 rings (SSSR count). The number of rotatable bonds is 5. The van der Waals surface area contributed by atoms with E-state index in [1.807, 2.05) is 17.8 Å². The van der Waals surface area contributed by atoms with Crippen LogP contribution in [-0.4, -0.2) is 18.1 Å². The number of halogens is 1. The molecule has 0 saturated heterocycles. The van der Waals surface area contributed by atoms with Gasteiger partial charge in [-0.25, -0.2) is 4.39 Å². The predicted molar refractivity (Wildman–Crippen MR) is 74.6 cm³/mol. The van der Waals surface area contributed by atoms with Crippen molar-refractivity contribution >= 4 is 11.8 Å². The SMILES string of the molecule is COc1ccc(C(N)CSC2CCCC2)cc1F. The van der Waals surface area contributed by atoms with Gasteiger partial charge in [0.2, 0.25) is 0 Å². The van der Waals surface area contributed by atoms with Crippen molar-refractivity contribution in [2.75, 3.05) is 12.9 Å². The van der Waals surface area contributed by atoms with Crippen LogP contribution in [-0.2, 0) is 0 Å². The first-order valence-electron chi connectivity index (χ1n) is 6.41. The van der Waals surface area contributed by atoms with E-state index in [0.29, 0.717) is 0 Å². The smallest absolute Gasteiger partial charge is 0.165 e. The lowest BCUT2D eigenvalue weighted by Crippen LogP contribution is -2.15. The average Bonchev–Trinajstić information content (AvgIpc) is 2.89. The Morgan fingerprint density at radius 1 is 1.44 bits per heavy atom. The van der Waals surface area contributed by atoms with Crippen molar-refractivity contribution in [2.45, 2.75) is 37.0 Å². The van der Waals surface area contributed by atoms with Gasteiger partial charge in [-0.15, -0.1) is 0 Å². The summed E-state index contributed by atoms with van der Waals surface area (Å²) >= 11 is 1.92. The summed E-state index contributed by atoms with van der Waals surface area (Å²) in [7, 11) is 1.47. The quantitative estimate of drug-likeness (QED) is 0.888. The highest BCUT2D eigenvalue weighted by molar-refractivity contribution is 7.99. The van der Waals surface area contributed by atoms with Crippen molar-refractivity contribution < 1.29 is 9.13 Å². The van der Waals surface area contributed by atoms with Gasteiger partial charge < -0.3 is 10.5 Å². The zero-order valence-electron chi connectivity index (χ0n) is 10.7. The summed E-state index contributed by atoms with van der Waals surface area (Å²) in [5, 5.41) is 0.749. The average molecular weight is 269 g/mol. The highest BCUT2D eigenvalue weighted by Gasteiger charge is 2.17. The van der Waals surface area contributed by atoms with E-state index in [-0.39, 0.29) is 17.6 Å². The molecular weight excluding hydrogens is 249 g/mol. The second kappa shape index (κ2) is 6.43. The van der Waals surface area contributed by atoms with Crippen LogP contribution < -0.4 is 10.5 Å². The van der Waals surface area contributed by atoms with Crippen LogP contribution in [0, 0.1) is 5.82 Å². The van der Waals surface area contributed by atoms with Crippen LogP contribution in [0.15, 0.2) is 18.2 Å². The number of ether oxygens (including phenoxy) is 1. The molecule has 0 heterocycles. The summed E-state index contributed by atoms with van der Waals surface area (Å²) in [5.74, 6) is 0.793. The van der Waals surface area contributed by atoms with Gasteiger partial charge in [0, 0.05) is 17.0 Å².